The van der Waals surface area contributed by atoms with E-state index in [1.165, 1.54) is 55.5 Å². The summed E-state index contributed by atoms with van der Waals surface area (Å²) in [5.41, 5.74) is 3.48. The fraction of sp³-hybridized carbons (Fsp3) is 0.600. The molecule has 2 rings (SSSR count). The van der Waals surface area contributed by atoms with Gasteiger partial charge in [-0.3, -0.25) is 0 Å². The van der Waals surface area contributed by atoms with Crippen LogP contribution in [0.15, 0.2) is 42.0 Å². The molecule has 0 nitrogen and oxygen atoms in total. The van der Waals surface area contributed by atoms with Crippen molar-refractivity contribution in [3.05, 3.63) is 42.0 Å². The third-order valence-corrected chi connectivity index (χ3v) is 12.6. The van der Waals surface area contributed by atoms with Crippen molar-refractivity contribution in [2.75, 3.05) is 0 Å². The maximum absolute atomic E-state index is 2.46. The number of allylic oxidation sites excluding steroid dienone is 8. The van der Waals surface area contributed by atoms with Gasteiger partial charge in [-0.15, -0.1) is 0 Å². The Kier molecular flexibility index (Phi) is 7.44. The molecule has 0 radical (unpaired) electrons. The van der Waals surface area contributed by atoms with E-state index in [1.54, 1.807) is 11.1 Å². The van der Waals surface area contributed by atoms with Crippen LogP contribution in [0.2, 0.25) is 4.13 Å². The van der Waals surface area contributed by atoms with Gasteiger partial charge in [0.2, 0.25) is 0 Å². The van der Waals surface area contributed by atoms with E-state index in [0.29, 0.717) is 0 Å². The Hall–Kier alpha value is -0.157. The molecule has 0 aliphatic heterocycles. The van der Waals surface area contributed by atoms with Crippen molar-refractivity contribution in [1.82, 2.24) is 0 Å². The van der Waals surface area contributed by atoms with Crippen LogP contribution in [0, 0.1) is 0 Å². The zero-order valence-electron chi connectivity index (χ0n) is 14.2. The molecule has 1 heteroatoms. The molecule has 0 aromatic rings. The maximum atomic E-state index is 2.46. The van der Waals surface area contributed by atoms with E-state index >= 15 is 0 Å². The van der Waals surface area contributed by atoms with Gasteiger partial charge in [-0.1, -0.05) is 0 Å². The van der Waals surface area contributed by atoms with Gasteiger partial charge in [0, 0.05) is 0 Å². The molecule has 0 unspecified atom stereocenters. The molecule has 0 aromatic carbocycles. The second-order valence-electron chi connectivity index (χ2n) is 6.26. The first-order valence-electron chi connectivity index (χ1n) is 8.95. The Morgan fingerprint density at radius 2 is 1.29 bits per heavy atom. The molecule has 0 fully saturated rings. The topological polar surface area (TPSA) is 0 Å². The predicted molar refractivity (Wildman–Crippen MR) is 91.1 cm³/mol. The average molecular weight is 363 g/mol. The Morgan fingerprint density at radius 3 is 1.67 bits per heavy atom. The van der Waals surface area contributed by atoms with Crippen molar-refractivity contribution in [3.63, 3.8) is 0 Å². The Balaban J connectivity index is 2.19. The fourth-order valence-corrected chi connectivity index (χ4v) is 11.3. The molecule has 115 valence electrons. The van der Waals surface area contributed by atoms with Crippen LogP contribution in [0.1, 0.15) is 72.1 Å². The van der Waals surface area contributed by atoms with Gasteiger partial charge in [0.25, 0.3) is 0 Å². The van der Waals surface area contributed by atoms with Crippen LogP contribution in [0.3, 0.4) is 0 Å². The van der Waals surface area contributed by atoms with Gasteiger partial charge in [0.1, 0.15) is 0 Å². The van der Waals surface area contributed by atoms with Crippen LogP contribution in [0.4, 0.5) is 0 Å². The molecule has 2 aliphatic carbocycles. The summed E-state index contributed by atoms with van der Waals surface area (Å²) in [5, 5.41) is 0. The molecule has 21 heavy (non-hydrogen) atoms. The first-order chi connectivity index (χ1) is 10.3. The molecule has 0 N–H and O–H groups in total. The quantitative estimate of drug-likeness (QED) is 0.420. The van der Waals surface area contributed by atoms with Crippen molar-refractivity contribution in [2.45, 2.75) is 76.3 Å². The SMILES string of the molecule is CCCCC1=[C]([Zr]([CH2]C)[C]2=C(CCCC)C=CC2)CC=C1. The molecule has 0 atom stereocenters. The molecule has 0 spiro atoms. The Bertz CT molecular complexity index is 420. The van der Waals surface area contributed by atoms with Gasteiger partial charge >= 0.3 is 140 Å². The Morgan fingerprint density at radius 1 is 0.810 bits per heavy atom. The van der Waals surface area contributed by atoms with Crippen molar-refractivity contribution in [1.29, 1.82) is 0 Å². The summed E-state index contributed by atoms with van der Waals surface area (Å²) in [5.74, 6) is 0. The summed E-state index contributed by atoms with van der Waals surface area (Å²) in [6, 6.07) is 0. The van der Waals surface area contributed by atoms with Crippen LogP contribution in [-0.4, -0.2) is 0 Å². The van der Waals surface area contributed by atoms with Crippen molar-refractivity contribution in [3.8, 4) is 0 Å². The number of unbranched alkanes of at least 4 members (excludes halogenated alkanes) is 2. The summed E-state index contributed by atoms with van der Waals surface area (Å²) < 4.78 is 5.32. The third-order valence-electron chi connectivity index (χ3n) is 4.74. The van der Waals surface area contributed by atoms with Gasteiger partial charge in [-0.05, 0) is 0 Å². The standard InChI is InChI=1S/2C9H13.C2H5.Zr/c2*1-2-3-6-9-7-4-5-8-9;1-2;/h2*4,7H,2-3,5-6H2,1H3;1H2,2H3;. The minimum absolute atomic E-state index is 1.28. The van der Waals surface area contributed by atoms with Crippen molar-refractivity contribution in [2.24, 2.45) is 0 Å². The van der Waals surface area contributed by atoms with Gasteiger partial charge in [0.05, 0.1) is 0 Å². The van der Waals surface area contributed by atoms with E-state index in [2.05, 4.69) is 45.1 Å². The number of hydrogen-bond acceptors (Lipinski definition) is 0. The van der Waals surface area contributed by atoms with E-state index in [9.17, 15) is 0 Å². The first kappa shape index (κ1) is 17.2. The summed E-state index contributed by atoms with van der Waals surface area (Å²) in [6.07, 6.45) is 20.4. The van der Waals surface area contributed by atoms with Gasteiger partial charge in [0.15, 0.2) is 0 Å². The zero-order valence-corrected chi connectivity index (χ0v) is 16.6. The van der Waals surface area contributed by atoms with E-state index in [-0.39, 0.29) is 0 Å². The van der Waals surface area contributed by atoms with Crippen LogP contribution in [0.5, 0.6) is 0 Å². The minimum atomic E-state index is -1.54. The van der Waals surface area contributed by atoms with E-state index in [1.807, 2.05) is 6.56 Å². The molecule has 0 aromatic heterocycles. The summed E-state index contributed by atoms with van der Waals surface area (Å²) in [4.78, 5) is 0. The molecule has 2 aliphatic rings. The fourth-order valence-electron chi connectivity index (χ4n) is 3.55. The van der Waals surface area contributed by atoms with E-state index in [4.69, 9.17) is 0 Å². The van der Waals surface area contributed by atoms with Crippen molar-refractivity contribution < 1.29 is 21.8 Å². The Labute approximate surface area is 139 Å². The van der Waals surface area contributed by atoms with Crippen LogP contribution >= 0.6 is 0 Å². The van der Waals surface area contributed by atoms with E-state index in [0.717, 1.165) is 0 Å². The predicted octanol–water partition coefficient (Wildman–Crippen LogP) is 6.85. The van der Waals surface area contributed by atoms with Crippen LogP contribution in [0.25, 0.3) is 0 Å². The summed E-state index contributed by atoms with van der Waals surface area (Å²) in [6.45, 7) is 7.08. The molecule has 0 amide bonds. The molecule has 0 bridgehead atoms. The summed E-state index contributed by atoms with van der Waals surface area (Å²) >= 11 is -1.54. The second-order valence-corrected chi connectivity index (χ2v) is 13.3. The van der Waals surface area contributed by atoms with Gasteiger partial charge in [-0.2, -0.15) is 0 Å². The molecule has 0 heterocycles. The first-order valence-corrected chi connectivity index (χ1v) is 13.1. The van der Waals surface area contributed by atoms with Gasteiger partial charge in [-0.25, -0.2) is 0 Å². The van der Waals surface area contributed by atoms with Crippen LogP contribution in [-0.2, 0) is 21.8 Å². The zero-order chi connectivity index (χ0) is 15.1. The number of rotatable bonds is 9. The second kappa shape index (κ2) is 9.09. The van der Waals surface area contributed by atoms with E-state index < -0.39 is 21.8 Å². The molecular formula is C20H31Zr. The monoisotopic (exact) mass is 361 g/mol. The summed E-state index contributed by atoms with van der Waals surface area (Å²) in [7, 11) is 0. The average Bonchev–Trinajstić information content (AvgIpc) is 3.14. The van der Waals surface area contributed by atoms with Crippen LogP contribution < -0.4 is 0 Å². The van der Waals surface area contributed by atoms with Gasteiger partial charge < -0.3 is 0 Å². The van der Waals surface area contributed by atoms with Crippen molar-refractivity contribution >= 4 is 0 Å². The molecule has 0 saturated heterocycles. The number of hydrogen-bond donors (Lipinski definition) is 0. The molecular weight excluding hydrogens is 331 g/mol. The molecule has 0 saturated carbocycles. The normalized spacial score (nSPS) is 17.5. The third kappa shape index (κ3) is 4.41.